The van der Waals surface area contributed by atoms with Gasteiger partial charge in [-0.1, -0.05) is 11.6 Å². The van der Waals surface area contributed by atoms with E-state index in [0.29, 0.717) is 0 Å². The highest BCUT2D eigenvalue weighted by Crippen LogP contribution is 2.21. The predicted molar refractivity (Wildman–Crippen MR) is 69.9 cm³/mol. The quantitative estimate of drug-likeness (QED) is 0.839. The summed E-state index contributed by atoms with van der Waals surface area (Å²) >= 11 is 5.56. The summed E-state index contributed by atoms with van der Waals surface area (Å²) in [4.78, 5) is 12.2. The highest BCUT2D eigenvalue weighted by atomic mass is 35.5. The van der Waals surface area contributed by atoms with Crippen molar-refractivity contribution in [1.29, 1.82) is 0 Å². The van der Waals surface area contributed by atoms with Gasteiger partial charge in [-0.2, -0.15) is 4.31 Å². The van der Waals surface area contributed by atoms with Gasteiger partial charge in [-0.25, -0.2) is 12.8 Å². The Bertz CT molecular complexity index is 590. The van der Waals surface area contributed by atoms with Gasteiger partial charge in [0.15, 0.2) is 0 Å². The van der Waals surface area contributed by atoms with E-state index < -0.39 is 26.6 Å². The van der Waals surface area contributed by atoms with Crippen molar-refractivity contribution < 1.29 is 17.6 Å². The highest BCUT2D eigenvalue weighted by Gasteiger charge is 2.26. The molecule has 0 atom stereocenters. The van der Waals surface area contributed by atoms with Crippen molar-refractivity contribution in [2.45, 2.75) is 4.90 Å². The lowest BCUT2D eigenvalue weighted by Gasteiger charge is -2.19. The molecule has 1 aromatic rings. The SMILES string of the molecule is CN(C)C(=O)CN(C)S(=O)(=O)c1ccc(Cl)cc1F. The summed E-state index contributed by atoms with van der Waals surface area (Å²) < 4.78 is 38.6. The molecule has 0 aliphatic rings. The number of likely N-dealkylation sites (N-methyl/N-ethyl adjacent to an activating group) is 2. The number of carbonyl (C=O) groups excluding carboxylic acids is 1. The maximum absolute atomic E-state index is 13.6. The van der Waals surface area contributed by atoms with Gasteiger partial charge in [0.1, 0.15) is 10.7 Å². The number of amides is 1. The molecule has 0 radical (unpaired) electrons. The first kappa shape index (κ1) is 15.9. The standard InChI is InChI=1S/C11H14ClFN2O3S/c1-14(2)11(16)7-15(3)19(17,18)10-5-4-8(12)6-9(10)13/h4-6H,7H2,1-3H3. The molecule has 0 fully saturated rings. The summed E-state index contributed by atoms with van der Waals surface area (Å²) in [6.07, 6.45) is 0. The summed E-state index contributed by atoms with van der Waals surface area (Å²) in [5, 5.41) is 0.100. The molecule has 0 aliphatic carbocycles. The number of hydrogen-bond acceptors (Lipinski definition) is 3. The van der Waals surface area contributed by atoms with Gasteiger partial charge in [0.2, 0.25) is 15.9 Å². The van der Waals surface area contributed by atoms with Gasteiger partial charge in [-0.3, -0.25) is 4.79 Å². The second kappa shape index (κ2) is 5.85. The Kier molecular flexibility index (Phi) is 4.89. The van der Waals surface area contributed by atoms with Gasteiger partial charge < -0.3 is 4.90 Å². The molecular formula is C11H14ClFN2O3S. The molecule has 0 N–H and O–H groups in total. The summed E-state index contributed by atoms with van der Waals surface area (Å²) in [6.45, 7) is -0.364. The van der Waals surface area contributed by atoms with E-state index in [1.54, 1.807) is 0 Å². The molecule has 1 amide bonds. The summed E-state index contributed by atoms with van der Waals surface area (Å²) in [6, 6.07) is 3.26. The third kappa shape index (κ3) is 3.65. The molecule has 0 saturated heterocycles. The fourth-order valence-electron chi connectivity index (χ4n) is 1.27. The largest absolute Gasteiger partial charge is 0.348 e. The van der Waals surface area contributed by atoms with Gasteiger partial charge in [-0.05, 0) is 18.2 Å². The third-order valence-corrected chi connectivity index (χ3v) is 4.51. The first-order valence-electron chi connectivity index (χ1n) is 5.28. The molecule has 106 valence electrons. The van der Waals surface area contributed by atoms with E-state index in [9.17, 15) is 17.6 Å². The smallest absolute Gasteiger partial charge is 0.246 e. The molecule has 5 nitrogen and oxygen atoms in total. The highest BCUT2D eigenvalue weighted by molar-refractivity contribution is 7.89. The van der Waals surface area contributed by atoms with E-state index in [4.69, 9.17) is 11.6 Å². The zero-order valence-electron chi connectivity index (χ0n) is 10.7. The van der Waals surface area contributed by atoms with Crippen LogP contribution in [0.3, 0.4) is 0 Å². The zero-order chi connectivity index (χ0) is 14.8. The molecule has 0 spiro atoms. The van der Waals surface area contributed by atoms with Gasteiger partial charge in [0, 0.05) is 26.2 Å². The van der Waals surface area contributed by atoms with E-state index in [1.165, 1.54) is 32.1 Å². The molecule has 0 bridgehead atoms. The second-order valence-corrected chi connectivity index (χ2v) is 6.57. The lowest BCUT2D eigenvalue weighted by atomic mass is 10.3. The van der Waals surface area contributed by atoms with Crippen LogP contribution in [-0.4, -0.2) is 51.2 Å². The van der Waals surface area contributed by atoms with Crippen LogP contribution in [0.5, 0.6) is 0 Å². The lowest BCUT2D eigenvalue weighted by molar-refractivity contribution is -0.128. The molecule has 0 aliphatic heterocycles. The van der Waals surface area contributed by atoms with Gasteiger partial charge in [-0.15, -0.1) is 0 Å². The van der Waals surface area contributed by atoms with E-state index in [2.05, 4.69) is 0 Å². The van der Waals surface area contributed by atoms with Crippen molar-refractivity contribution in [3.05, 3.63) is 29.0 Å². The Morgan fingerprint density at radius 2 is 1.89 bits per heavy atom. The number of benzene rings is 1. The minimum absolute atomic E-state index is 0.100. The van der Waals surface area contributed by atoms with Crippen molar-refractivity contribution in [2.24, 2.45) is 0 Å². The molecule has 0 aromatic heterocycles. The van der Waals surface area contributed by atoms with Crippen LogP contribution in [0, 0.1) is 5.82 Å². The summed E-state index contributed by atoms with van der Waals surface area (Å²) in [5.41, 5.74) is 0. The molecule has 0 unspecified atom stereocenters. The van der Waals surface area contributed by atoms with Crippen molar-refractivity contribution >= 4 is 27.5 Å². The molecule has 0 heterocycles. The number of nitrogens with zero attached hydrogens (tertiary/aromatic N) is 2. The van der Waals surface area contributed by atoms with Gasteiger partial charge in [0.05, 0.1) is 6.54 Å². The van der Waals surface area contributed by atoms with Crippen LogP contribution >= 0.6 is 11.6 Å². The average molecular weight is 309 g/mol. The first-order chi connectivity index (χ1) is 8.66. The van der Waals surface area contributed by atoms with Crippen LogP contribution in [0.25, 0.3) is 0 Å². The summed E-state index contributed by atoms with van der Waals surface area (Å²) in [7, 11) is 0.162. The Morgan fingerprint density at radius 1 is 1.32 bits per heavy atom. The average Bonchev–Trinajstić information content (AvgIpc) is 2.27. The number of hydrogen-bond donors (Lipinski definition) is 0. The minimum atomic E-state index is -4.06. The number of halogens is 2. The third-order valence-electron chi connectivity index (χ3n) is 2.44. The molecule has 1 aromatic carbocycles. The zero-order valence-corrected chi connectivity index (χ0v) is 12.3. The van der Waals surface area contributed by atoms with Gasteiger partial charge in [0.25, 0.3) is 0 Å². The normalized spacial score (nSPS) is 11.7. The maximum atomic E-state index is 13.6. The molecule has 8 heteroatoms. The number of carbonyl (C=O) groups is 1. The Balaban J connectivity index is 3.07. The van der Waals surface area contributed by atoms with Crippen molar-refractivity contribution in [3.8, 4) is 0 Å². The van der Waals surface area contributed by atoms with E-state index >= 15 is 0 Å². The van der Waals surface area contributed by atoms with E-state index in [-0.39, 0.29) is 11.6 Å². The predicted octanol–water partition coefficient (Wildman–Crippen LogP) is 1.19. The van der Waals surface area contributed by atoms with Crippen LogP contribution < -0.4 is 0 Å². The number of sulfonamides is 1. The van der Waals surface area contributed by atoms with Crippen LogP contribution in [0.2, 0.25) is 5.02 Å². The molecule has 1 rings (SSSR count). The summed E-state index contributed by atoms with van der Waals surface area (Å²) in [5.74, 6) is -1.35. The fourth-order valence-corrected chi connectivity index (χ4v) is 2.59. The van der Waals surface area contributed by atoms with Crippen molar-refractivity contribution in [3.63, 3.8) is 0 Å². The fraction of sp³-hybridized carbons (Fsp3) is 0.364. The van der Waals surface area contributed by atoms with Crippen molar-refractivity contribution in [2.75, 3.05) is 27.7 Å². The van der Waals surface area contributed by atoms with E-state index in [0.717, 1.165) is 16.4 Å². The van der Waals surface area contributed by atoms with Crippen LogP contribution in [-0.2, 0) is 14.8 Å². The van der Waals surface area contributed by atoms with Crippen molar-refractivity contribution in [1.82, 2.24) is 9.21 Å². The van der Waals surface area contributed by atoms with Crippen LogP contribution in [0.15, 0.2) is 23.1 Å². The molecular weight excluding hydrogens is 295 g/mol. The van der Waals surface area contributed by atoms with Gasteiger partial charge >= 0.3 is 0 Å². The monoisotopic (exact) mass is 308 g/mol. The first-order valence-corrected chi connectivity index (χ1v) is 7.09. The maximum Gasteiger partial charge on any atom is 0.246 e. The minimum Gasteiger partial charge on any atom is -0.348 e. The molecule has 0 saturated carbocycles. The van der Waals surface area contributed by atoms with Crippen LogP contribution in [0.1, 0.15) is 0 Å². The number of rotatable bonds is 4. The topological polar surface area (TPSA) is 57.7 Å². The van der Waals surface area contributed by atoms with E-state index in [1.807, 2.05) is 0 Å². The Morgan fingerprint density at radius 3 is 2.37 bits per heavy atom. The lowest BCUT2D eigenvalue weighted by Crippen LogP contribution is -2.38. The second-order valence-electron chi connectivity index (χ2n) is 4.12. The Hall–Kier alpha value is -1.18. The Labute approximate surface area is 116 Å². The molecule has 19 heavy (non-hydrogen) atoms. The van der Waals surface area contributed by atoms with Crippen LogP contribution in [0.4, 0.5) is 4.39 Å².